The molecule has 4 heterocycles. The summed E-state index contributed by atoms with van der Waals surface area (Å²) in [5, 5.41) is 11.0. The predicted octanol–water partition coefficient (Wildman–Crippen LogP) is 0.859. The molecule has 0 atom stereocenters. The molecule has 4 aromatic heterocycles. The van der Waals surface area contributed by atoms with E-state index in [4.69, 9.17) is 11.5 Å². The fraction of sp³-hybridized carbons (Fsp3) is 0.222. The zero-order valence-corrected chi connectivity index (χ0v) is 25.4. The highest BCUT2D eigenvalue weighted by Gasteiger charge is 2.19. The van der Waals surface area contributed by atoms with E-state index >= 15 is 0 Å². The highest BCUT2D eigenvalue weighted by Crippen LogP contribution is 2.20. The summed E-state index contributed by atoms with van der Waals surface area (Å²) in [5.74, 6) is -1.63. The lowest BCUT2D eigenvalue weighted by Crippen LogP contribution is -2.29. The van der Waals surface area contributed by atoms with E-state index in [2.05, 4.69) is 31.7 Å². The summed E-state index contributed by atoms with van der Waals surface area (Å²) < 4.78 is 6.31. The average molecular weight is 627 g/mol. The largest absolute Gasteiger partial charge is 0.370 e. The van der Waals surface area contributed by atoms with Gasteiger partial charge >= 0.3 is 0 Å². The Morgan fingerprint density at radius 2 is 1.16 bits per heavy atom. The summed E-state index contributed by atoms with van der Waals surface area (Å²) in [6.07, 6.45) is 6.55. The van der Waals surface area contributed by atoms with Crippen LogP contribution in [0.25, 0.3) is 0 Å². The van der Waals surface area contributed by atoms with Crippen LogP contribution in [0.3, 0.4) is 0 Å². The van der Waals surface area contributed by atoms with Crippen molar-refractivity contribution < 1.29 is 19.2 Å². The van der Waals surface area contributed by atoms with Crippen molar-refractivity contribution in [3.8, 4) is 0 Å². The van der Waals surface area contributed by atoms with E-state index < -0.39 is 11.8 Å². The van der Waals surface area contributed by atoms with Crippen LogP contribution in [-0.2, 0) is 21.1 Å². The molecule has 0 unspecified atom stereocenters. The van der Waals surface area contributed by atoms with Crippen LogP contribution >= 0.6 is 12.4 Å². The summed E-state index contributed by atoms with van der Waals surface area (Å²) in [6, 6.07) is 8.03. The number of aromatic nitrogens is 4. The van der Waals surface area contributed by atoms with Gasteiger partial charge in [0.2, 0.25) is 0 Å². The van der Waals surface area contributed by atoms with Crippen molar-refractivity contribution in [1.82, 2.24) is 23.7 Å². The van der Waals surface area contributed by atoms with Gasteiger partial charge < -0.3 is 51.9 Å². The molecular formula is C27H35ClN12O4. The number of anilines is 3. The number of nitrogens with one attached hydrogen (secondary N) is 5. The summed E-state index contributed by atoms with van der Waals surface area (Å²) in [5.41, 5.74) is 16.0. The Morgan fingerprint density at radius 1 is 0.727 bits per heavy atom. The van der Waals surface area contributed by atoms with Crippen molar-refractivity contribution >= 4 is 59.1 Å². The average Bonchev–Trinajstić information content (AvgIpc) is 3.72. The number of hydrogen-bond acceptors (Lipinski definition) is 6. The number of aliphatic imine (C=N–C) groups is 1. The van der Waals surface area contributed by atoms with E-state index in [9.17, 15) is 19.2 Å². The molecular weight excluding hydrogens is 592 g/mol. The quantitative estimate of drug-likeness (QED) is 0.0724. The van der Waals surface area contributed by atoms with E-state index in [-0.39, 0.29) is 49.0 Å². The molecule has 0 spiro atoms. The van der Waals surface area contributed by atoms with Gasteiger partial charge in [0.1, 0.15) is 22.8 Å². The van der Waals surface area contributed by atoms with Gasteiger partial charge in [-0.3, -0.25) is 28.8 Å². The third-order valence-corrected chi connectivity index (χ3v) is 6.40. The Bertz CT molecular complexity index is 1710. The normalized spacial score (nSPS) is 10.4. The van der Waals surface area contributed by atoms with Crippen LogP contribution in [0.15, 0.2) is 60.1 Å². The monoisotopic (exact) mass is 626 g/mol. The standard InChI is InChI=1S/C27H34N12O4.ClH/c1-30-39-9-5-6-19(39)24(41)33-17-11-21(37(3)14-17)26(43)35-18-12-22(38(4)15-18)25(42)34-16-10-20(36(2)13-16)23(40)31-7-8-32-27(28)29;/h5-6,9-15,30H,7-8H2,1-4H3,(H,31,40)(H,33,41)(H,34,42)(H,35,43)(H4,28,29,32);1H. The highest BCUT2D eigenvalue weighted by molar-refractivity contribution is 6.08. The van der Waals surface area contributed by atoms with Gasteiger partial charge in [0.05, 0.1) is 23.6 Å². The molecule has 0 fully saturated rings. The summed E-state index contributed by atoms with van der Waals surface area (Å²) in [4.78, 5) is 55.0. The van der Waals surface area contributed by atoms with Crippen LogP contribution in [0.4, 0.5) is 17.1 Å². The van der Waals surface area contributed by atoms with Gasteiger partial charge in [0.25, 0.3) is 23.6 Å². The summed E-state index contributed by atoms with van der Waals surface area (Å²) >= 11 is 0. The Hall–Kier alpha value is -5.64. The molecule has 0 aromatic carbocycles. The molecule has 9 N–H and O–H groups in total. The van der Waals surface area contributed by atoms with Gasteiger partial charge in [-0.15, -0.1) is 12.4 Å². The number of carbonyl (C=O) groups excluding carboxylic acids is 4. The number of nitrogens with zero attached hydrogens (tertiary/aromatic N) is 5. The smallest absolute Gasteiger partial charge is 0.274 e. The van der Waals surface area contributed by atoms with E-state index in [0.717, 1.165) is 0 Å². The maximum Gasteiger partial charge on any atom is 0.274 e. The molecule has 4 aromatic rings. The van der Waals surface area contributed by atoms with E-state index in [1.807, 2.05) is 0 Å². The van der Waals surface area contributed by atoms with Crippen molar-refractivity contribution in [2.75, 3.05) is 41.5 Å². The maximum absolute atomic E-state index is 13.0. The Labute approximate surface area is 258 Å². The van der Waals surface area contributed by atoms with Gasteiger partial charge in [0.15, 0.2) is 5.96 Å². The second-order valence-electron chi connectivity index (χ2n) is 9.59. The lowest BCUT2D eigenvalue weighted by molar-refractivity contribution is 0.0944. The minimum atomic E-state index is -0.441. The topological polar surface area (TPSA) is 213 Å². The van der Waals surface area contributed by atoms with Crippen LogP contribution in [0.2, 0.25) is 0 Å². The second kappa shape index (κ2) is 14.0. The highest BCUT2D eigenvalue weighted by atomic mass is 35.5. The van der Waals surface area contributed by atoms with Crippen LogP contribution in [0.5, 0.6) is 0 Å². The predicted molar refractivity (Wildman–Crippen MR) is 170 cm³/mol. The molecule has 0 aliphatic rings. The third-order valence-electron chi connectivity index (χ3n) is 6.40. The molecule has 0 radical (unpaired) electrons. The lowest BCUT2D eigenvalue weighted by atomic mass is 10.3. The second-order valence-corrected chi connectivity index (χ2v) is 9.59. The summed E-state index contributed by atoms with van der Waals surface area (Å²) in [6.45, 7) is 0.480. The molecule has 44 heavy (non-hydrogen) atoms. The third kappa shape index (κ3) is 7.60. The van der Waals surface area contributed by atoms with Crippen LogP contribution in [-0.4, -0.2) is 68.1 Å². The number of guanidine groups is 1. The molecule has 234 valence electrons. The Kier molecular flexibility index (Phi) is 10.5. The molecule has 4 amide bonds. The van der Waals surface area contributed by atoms with Gasteiger partial charge in [-0.05, 0) is 30.3 Å². The molecule has 17 heteroatoms. The van der Waals surface area contributed by atoms with Gasteiger partial charge in [0, 0.05) is 59.5 Å². The molecule has 0 aliphatic heterocycles. The fourth-order valence-electron chi connectivity index (χ4n) is 4.37. The minimum Gasteiger partial charge on any atom is -0.370 e. The maximum atomic E-state index is 13.0. The number of carbonyl (C=O) groups is 4. The first kappa shape index (κ1) is 32.9. The van der Waals surface area contributed by atoms with Crippen molar-refractivity contribution in [1.29, 1.82) is 0 Å². The van der Waals surface area contributed by atoms with Crippen molar-refractivity contribution in [2.24, 2.45) is 37.6 Å². The van der Waals surface area contributed by atoms with Crippen LogP contribution < -0.4 is 38.2 Å². The van der Waals surface area contributed by atoms with Gasteiger partial charge in [-0.25, -0.2) is 0 Å². The Morgan fingerprint density at radius 3 is 1.59 bits per heavy atom. The van der Waals surface area contributed by atoms with Crippen LogP contribution in [0.1, 0.15) is 42.0 Å². The first-order valence-electron chi connectivity index (χ1n) is 13.1. The number of hydrogen-bond donors (Lipinski definition) is 7. The molecule has 0 saturated carbocycles. The van der Waals surface area contributed by atoms with Crippen molar-refractivity contribution in [3.05, 3.63) is 77.9 Å². The summed E-state index contributed by atoms with van der Waals surface area (Å²) in [7, 11) is 6.72. The van der Waals surface area contributed by atoms with Gasteiger partial charge in [-0.1, -0.05) is 0 Å². The lowest BCUT2D eigenvalue weighted by Gasteiger charge is -2.07. The van der Waals surface area contributed by atoms with Gasteiger partial charge in [-0.2, -0.15) is 0 Å². The number of aryl methyl sites for hydroxylation is 3. The first-order chi connectivity index (χ1) is 20.5. The zero-order chi connectivity index (χ0) is 31.3. The minimum absolute atomic E-state index is 0. The number of nitrogens with two attached hydrogens (primary N) is 2. The molecule has 0 aliphatic carbocycles. The van der Waals surface area contributed by atoms with Crippen molar-refractivity contribution in [2.45, 2.75) is 0 Å². The van der Waals surface area contributed by atoms with Crippen LogP contribution in [0, 0.1) is 0 Å². The SMILES string of the molecule is CNn1cccc1C(=O)Nc1cc(C(=O)Nc2cc(C(=O)Nc3cc(C(=O)NCCN=C(N)N)n(C)c3)n(C)c2)n(C)c1.Cl. The fourth-order valence-corrected chi connectivity index (χ4v) is 4.37. The molecule has 0 saturated heterocycles. The first-order valence-corrected chi connectivity index (χ1v) is 13.1. The zero-order valence-electron chi connectivity index (χ0n) is 24.5. The van der Waals surface area contributed by atoms with E-state index in [0.29, 0.717) is 34.1 Å². The number of rotatable bonds is 11. The molecule has 16 nitrogen and oxygen atoms in total. The van der Waals surface area contributed by atoms with E-state index in [1.54, 1.807) is 95.6 Å². The van der Waals surface area contributed by atoms with Crippen molar-refractivity contribution in [3.63, 3.8) is 0 Å². The number of amides is 4. The van der Waals surface area contributed by atoms with E-state index in [1.165, 1.54) is 6.07 Å². The Balaban J connectivity index is 0.00000529. The number of halogens is 1. The molecule has 0 bridgehead atoms. The molecule has 4 rings (SSSR count).